The Morgan fingerprint density at radius 2 is 2.11 bits per heavy atom. The molecule has 110 valence electrons. The van der Waals surface area contributed by atoms with E-state index in [2.05, 4.69) is 20.6 Å². The molecule has 2 N–H and O–H groups in total. The molecule has 0 saturated heterocycles. The van der Waals surface area contributed by atoms with Gasteiger partial charge in [0.25, 0.3) is 0 Å². The summed E-state index contributed by atoms with van der Waals surface area (Å²) in [5, 5.41) is 6.33. The molecule has 0 aliphatic carbocycles. The van der Waals surface area contributed by atoms with Crippen LogP contribution >= 0.6 is 24.0 Å². The van der Waals surface area contributed by atoms with Gasteiger partial charge in [0.2, 0.25) is 5.89 Å². The van der Waals surface area contributed by atoms with E-state index in [4.69, 9.17) is 9.15 Å². The third-order valence-electron chi connectivity index (χ3n) is 2.52. The molecule has 0 aromatic carbocycles. The van der Waals surface area contributed by atoms with Crippen LogP contribution in [0, 0.1) is 13.8 Å². The Hall–Kier alpha value is -0.830. The molecule has 1 rings (SSSR count). The molecule has 6 nitrogen and oxygen atoms in total. The topological polar surface area (TPSA) is 71.7 Å². The second-order valence-electron chi connectivity index (χ2n) is 3.95. The Labute approximate surface area is 131 Å². The third kappa shape index (κ3) is 6.76. The lowest BCUT2D eigenvalue weighted by Gasteiger charge is -2.09. The summed E-state index contributed by atoms with van der Waals surface area (Å²) in [5.41, 5.74) is 0.926. The molecule has 0 atom stereocenters. The lowest BCUT2D eigenvalue weighted by Crippen LogP contribution is -2.37. The van der Waals surface area contributed by atoms with Gasteiger partial charge in [0.15, 0.2) is 5.96 Å². The fraction of sp³-hybridized carbons (Fsp3) is 0.667. The van der Waals surface area contributed by atoms with Crippen LogP contribution in [0.3, 0.4) is 0 Å². The number of hydrogen-bond acceptors (Lipinski definition) is 4. The summed E-state index contributed by atoms with van der Waals surface area (Å²) < 4.78 is 10.5. The summed E-state index contributed by atoms with van der Waals surface area (Å²) in [6, 6.07) is 0. The first-order valence-corrected chi connectivity index (χ1v) is 6.03. The average molecular weight is 382 g/mol. The predicted molar refractivity (Wildman–Crippen MR) is 86.1 cm³/mol. The number of rotatable bonds is 6. The van der Waals surface area contributed by atoms with Crippen molar-refractivity contribution < 1.29 is 9.15 Å². The van der Waals surface area contributed by atoms with E-state index < -0.39 is 0 Å². The minimum Gasteiger partial charge on any atom is -0.444 e. The maximum absolute atomic E-state index is 5.48. The second-order valence-corrected chi connectivity index (χ2v) is 3.95. The van der Waals surface area contributed by atoms with Gasteiger partial charge in [0, 0.05) is 27.3 Å². The zero-order valence-corrected chi connectivity index (χ0v) is 14.3. The molecule has 0 bridgehead atoms. The number of nitrogens with one attached hydrogen (secondary N) is 2. The number of aromatic nitrogens is 1. The van der Waals surface area contributed by atoms with Crippen LogP contribution in [0.5, 0.6) is 0 Å². The van der Waals surface area contributed by atoms with Crippen LogP contribution in [0.4, 0.5) is 0 Å². The fourth-order valence-electron chi connectivity index (χ4n) is 1.42. The van der Waals surface area contributed by atoms with Crippen molar-refractivity contribution in [1.82, 2.24) is 15.6 Å². The van der Waals surface area contributed by atoms with E-state index in [1.807, 2.05) is 13.8 Å². The number of hydrogen-bond donors (Lipinski definition) is 2. The van der Waals surface area contributed by atoms with Crippen LogP contribution < -0.4 is 10.6 Å². The first-order chi connectivity index (χ1) is 8.67. The molecular formula is C12H23IN4O2. The van der Waals surface area contributed by atoms with Crippen LogP contribution in [-0.4, -0.2) is 38.3 Å². The van der Waals surface area contributed by atoms with Gasteiger partial charge < -0.3 is 19.8 Å². The zero-order chi connectivity index (χ0) is 13.4. The van der Waals surface area contributed by atoms with E-state index >= 15 is 0 Å². The quantitative estimate of drug-likeness (QED) is 0.339. The number of aliphatic imine (C=N–C) groups is 1. The van der Waals surface area contributed by atoms with Crippen molar-refractivity contribution in [2.24, 2.45) is 4.99 Å². The van der Waals surface area contributed by atoms with Gasteiger partial charge in [-0.05, 0) is 20.3 Å². The largest absolute Gasteiger partial charge is 0.444 e. The van der Waals surface area contributed by atoms with Crippen LogP contribution in [0.1, 0.15) is 23.8 Å². The molecule has 0 radical (unpaired) electrons. The van der Waals surface area contributed by atoms with Gasteiger partial charge in [-0.2, -0.15) is 0 Å². The highest BCUT2D eigenvalue weighted by molar-refractivity contribution is 14.0. The van der Waals surface area contributed by atoms with Gasteiger partial charge in [-0.25, -0.2) is 4.98 Å². The SMILES string of the molecule is CN=C(NCCCOC)NCc1nc(C)c(C)o1.I. The normalized spacial score (nSPS) is 11.1. The maximum atomic E-state index is 5.48. The second kappa shape index (κ2) is 10.0. The smallest absolute Gasteiger partial charge is 0.214 e. The summed E-state index contributed by atoms with van der Waals surface area (Å²) in [6.07, 6.45) is 0.939. The Kier molecular flexibility index (Phi) is 9.58. The third-order valence-corrected chi connectivity index (χ3v) is 2.52. The summed E-state index contributed by atoms with van der Waals surface area (Å²) >= 11 is 0. The molecule has 0 amide bonds. The number of nitrogens with zero attached hydrogens (tertiary/aromatic N) is 2. The van der Waals surface area contributed by atoms with Crippen LogP contribution in [-0.2, 0) is 11.3 Å². The Morgan fingerprint density at radius 3 is 2.63 bits per heavy atom. The van der Waals surface area contributed by atoms with E-state index in [0.717, 1.165) is 37.0 Å². The molecule has 19 heavy (non-hydrogen) atoms. The Morgan fingerprint density at radius 1 is 1.37 bits per heavy atom. The first-order valence-electron chi connectivity index (χ1n) is 6.03. The van der Waals surface area contributed by atoms with Crippen molar-refractivity contribution in [3.8, 4) is 0 Å². The lowest BCUT2D eigenvalue weighted by atomic mass is 10.4. The highest BCUT2D eigenvalue weighted by Crippen LogP contribution is 2.07. The molecule has 1 aromatic heterocycles. The van der Waals surface area contributed by atoms with E-state index in [1.165, 1.54) is 0 Å². The zero-order valence-electron chi connectivity index (χ0n) is 11.9. The van der Waals surface area contributed by atoms with Gasteiger partial charge in [-0.1, -0.05) is 0 Å². The van der Waals surface area contributed by atoms with E-state index in [9.17, 15) is 0 Å². The predicted octanol–water partition coefficient (Wildman–Crippen LogP) is 1.61. The van der Waals surface area contributed by atoms with Gasteiger partial charge in [0.1, 0.15) is 5.76 Å². The van der Waals surface area contributed by atoms with Gasteiger partial charge in [0.05, 0.1) is 12.2 Å². The van der Waals surface area contributed by atoms with Crippen molar-refractivity contribution in [3.05, 3.63) is 17.3 Å². The van der Waals surface area contributed by atoms with Crippen molar-refractivity contribution in [2.75, 3.05) is 27.3 Å². The number of ether oxygens (including phenoxy) is 1. The van der Waals surface area contributed by atoms with Gasteiger partial charge >= 0.3 is 0 Å². The summed E-state index contributed by atoms with van der Waals surface area (Å²) in [5.74, 6) is 2.26. The molecule has 0 spiro atoms. The van der Waals surface area contributed by atoms with Crippen LogP contribution in [0.2, 0.25) is 0 Å². The van der Waals surface area contributed by atoms with E-state index in [-0.39, 0.29) is 24.0 Å². The molecule has 0 fully saturated rings. The monoisotopic (exact) mass is 382 g/mol. The maximum Gasteiger partial charge on any atom is 0.214 e. The Bertz CT molecular complexity index is 374. The number of guanidine groups is 1. The number of halogens is 1. The molecule has 0 unspecified atom stereocenters. The summed E-state index contributed by atoms with van der Waals surface area (Å²) in [7, 11) is 3.43. The molecule has 0 aliphatic heterocycles. The molecular weight excluding hydrogens is 359 g/mol. The minimum atomic E-state index is 0. The van der Waals surface area contributed by atoms with Crippen LogP contribution in [0.15, 0.2) is 9.41 Å². The molecule has 7 heteroatoms. The molecule has 1 heterocycles. The summed E-state index contributed by atoms with van der Waals surface area (Å²) in [6.45, 7) is 5.92. The van der Waals surface area contributed by atoms with Crippen molar-refractivity contribution in [3.63, 3.8) is 0 Å². The summed E-state index contributed by atoms with van der Waals surface area (Å²) in [4.78, 5) is 8.41. The van der Waals surface area contributed by atoms with Crippen LogP contribution in [0.25, 0.3) is 0 Å². The lowest BCUT2D eigenvalue weighted by molar-refractivity contribution is 0.195. The highest BCUT2D eigenvalue weighted by atomic mass is 127. The average Bonchev–Trinajstić information content (AvgIpc) is 2.68. The van der Waals surface area contributed by atoms with Crippen molar-refractivity contribution >= 4 is 29.9 Å². The number of oxazole rings is 1. The van der Waals surface area contributed by atoms with E-state index in [1.54, 1.807) is 14.2 Å². The van der Waals surface area contributed by atoms with Crippen molar-refractivity contribution in [1.29, 1.82) is 0 Å². The van der Waals surface area contributed by atoms with E-state index in [0.29, 0.717) is 12.4 Å². The van der Waals surface area contributed by atoms with Gasteiger partial charge in [-0.3, -0.25) is 4.99 Å². The first kappa shape index (κ1) is 18.2. The number of aryl methyl sites for hydroxylation is 2. The molecule has 0 saturated carbocycles. The standard InChI is InChI=1S/C12H22N4O2.HI/c1-9-10(2)18-11(16-9)8-15-12(13-3)14-6-5-7-17-4;/h5-8H2,1-4H3,(H2,13,14,15);1H. The van der Waals surface area contributed by atoms with Gasteiger partial charge in [-0.15, -0.1) is 24.0 Å². The molecule has 0 aliphatic rings. The number of methoxy groups -OCH3 is 1. The fourth-order valence-corrected chi connectivity index (χ4v) is 1.42. The molecule has 1 aromatic rings. The van der Waals surface area contributed by atoms with Crippen molar-refractivity contribution in [2.45, 2.75) is 26.8 Å². The Balaban J connectivity index is 0.00000324. The highest BCUT2D eigenvalue weighted by Gasteiger charge is 2.05. The minimum absolute atomic E-state index is 0.